The molecule has 0 aromatic carbocycles. The lowest BCUT2D eigenvalue weighted by molar-refractivity contribution is -0.138. The number of hydrogen-bond acceptors (Lipinski definition) is 3. The van der Waals surface area contributed by atoms with Crippen molar-refractivity contribution in [3.63, 3.8) is 0 Å². The molecule has 1 heterocycles. The molecule has 5 heteroatoms. The van der Waals surface area contributed by atoms with Crippen LogP contribution in [0.2, 0.25) is 0 Å². The second-order valence-electron chi connectivity index (χ2n) is 3.35. The fourth-order valence-corrected chi connectivity index (χ4v) is 1.61. The quantitative estimate of drug-likeness (QED) is 0.595. The Labute approximate surface area is 89.5 Å². The summed E-state index contributed by atoms with van der Waals surface area (Å²) in [4.78, 5) is 24.7. The molecule has 84 valence electrons. The summed E-state index contributed by atoms with van der Waals surface area (Å²) in [5.41, 5.74) is 0. The molecule has 0 saturated carbocycles. The monoisotopic (exact) mass is 211 g/mol. The van der Waals surface area contributed by atoms with E-state index in [1.165, 1.54) is 6.08 Å². The van der Waals surface area contributed by atoms with Gasteiger partial charge in [-0.15, -0.1) is 0 Å². The van der Waals surface area contributed by atoms with Crippen molar-refractivity contribution >= 4 is 11.8 Å². The van der Waals surface area contributed by atoms with E-state index in [1.807, 2.05) is 6.92 Å². The highest BCUT2D eigenvalue weighted by molar-refractivity contribution is 5.92. The number of nitrogens with one attached hydrogen (secondary N) is 2. The van der Waals surface area contributed by atoms with Crippen molar-refractivity contribution < 1.29 is 9.59 Å². The average Bonchev–Trinajstić information content (AvgIpc) is 2.28. The third-order valence-corrected chi connectivity index (χ3v) is 2.35. The normalized spacial score (nSPS) is 20.9. The maximum absolute atomic E-state index is 11.6. The fraction of sp³-hybridized carbons (Fsp3) is 0.600. The van der Waals surface area contributed by atoms with Gasteiger partial charge in [0.25, 0.3) is 0 Å². The summed E-state index contributed by atoms with van der Waals surface area (Å²) in [7, 11) is 0. The second-order valence-corrected chi connectivity index (χ2v) is 3.35. The standard InChI is InChI=1S/C10H17N3O2/c1-3-9(14)13-6-5-11-7-8(13)10(15)12-4-2/h3,8,11H,1,4-7H2,2H3,(H,12,15). The first-order valence-electron chi connectivity index (χ1n) is 5.12. The van der Waals surface area contributed by atoms with Crippen LogP contribution in [0.3, 0.4) is 0 Å². The summed E-state index contributed by atoms with van der Waals surface area (Å²) in [6.07, 6.45) is 1.25. The van der Waals surface area contributed by atoms with E-state index >= 15 is 0 Å². The Morgan fingerprint density at radius 1 is 1.67 bits per heavy atom. The van der Waals surface area contributed by atoms with Crippen molar-refractivity contribution in [2.75, 3.05) is 26.2 Å². The van der Waals surface area contributed by atoms with E-state index in [0.717, 1.165) is 6.54 Å². The van der Waals surface area contributed by atoms with E-state index in [4.69, 9.17) is 0 Å². The number of nitrogens with zero attached hydrogens (tertiary/aromatic N) is 1. The smallest absolute Gasteiger partial charge is 0.246 e. The lowest BCUT2D eigenvalue weighted by atomic mass is 10.1. The Morgan fingerprint density at radius 2 is 2.40 bits per heavy atom. The van der Waals surface area contributed by atoms with E-state index in [9.17, 15) is 9.59 Å². The second kappa shape index (κ2) is 5.50. The summed E-state index contributed by atoms with van der Waals surface area (Å²) in [5, 5.41) is 5.81. The molecule has 1 atom stereocenters. The van der Waals surface area contributed by atoms with Gasteiger partial charge in [0.15, 0.2) is 0 Å². The van der Waals surface area contributed by atoms with Gasteiger partial charge in [0.1, 0.15) is 6.04 Å². The minimum Gasteiger partial charge on any atom is -0.355 e. The Balaban J connectivity index is 2.69. The number of amides is 2. The fourth-order valence-electron chi connectivity index (χ4n) is 1.61. The maximum Gasteiger partial charge on any atom is 0.246 e. The molecule has 0 bridgehead atoms. The van der Waals surface area contributed by atoms with Crippen LogP contribution >= 0.6 is 0 Å². The van der Waals surface area contributed by atoms with Crippen LogP contribution in [-0.4, -0.2) is 48.9 Å². The lowest BCUT2D eigenvalue weighted by Crippen LogP contribution is -2.59. The Bertz CT molecular complexity index is 265. The van der Waals surface area contributed by atoms with Gasteiger partial charge in [0, 0.05) is 26.2 Å². The van der Waals surface area contributed by atoms with Crippen molar-refractivity contribution in [1.82, 2.24) is 15.5 Å². The van der Waals surface area contributed by atoms with Crippen molar-refractivity contribution in [2.45, 2.75) is 13.0 Å². The number of likely N-dealkylation sites (N-methyl/N-ethyl adjacent to an activating group) is 1. The van der Waals surface area contributed by atoms with Gasteiger partial charge in [-0.2, -0.15) is 0 Å². The predicted molar refractivity (Wildman–Crippen MR) is 57.3 cm³/mol. The van der Waals surface area contributed by atoms with Gasteiger partial charge >= 0.3 is 0 Å². The molecule has 1 fully saturated rings. The molecule has 5 nitrogen and oxygen atoms in total. The molecule has 0 radical (unpaired) electrons. The zero-order valence-corrected chi connectivity index (χ0v) is 8.95. The highest BCUT2D eigenvalue weighted by Crippen LogP contribution is 2.04. The lowest BCUT2D eigenvalue weighted by Gasteiger charge is -2.34. The molecule has 15 heavy (non-hydrogen) atoms. The minimum atomic E-state index is -0.413. The Kier molecular flexibility index (Phi) is 4.30. The van der Waals surface area contributed by atoms with Gasteiger partial charge in [-0.25, -0.2) is 0 Å². The summed E-state index contributed by atoms with van der Waals surface area (Å²) in [6.45, 7) is 7.63. The zero-order valence-electron chi connectivity index (χ0n) is 8.95. The van der Waals surface area contributed by atoms with E-state index in [-0.39, 0.29) is 11.8 Å². The number of carbonyl (C=O) groups excluding carboxylic acids is 2. The molecule has 2 amide bonds. The van der Waals surface area contributed by atoms with Crippen LogP contribution in [0, 0.1) is 0 Å². The number of carbonyl (C=O) groups is 2. The number of piperazine rings is 1. The van der Waals surface area contributed by atoms with Crippen LogP contribution in [0.25, 0.3) is 0 Å². The SMILES string of the molecule is C=CC(=O)N1CCNCC1C(=O)NCC. The Morgan fingerprint density at radius 3 is 3.00 bits per heavy atom. The van der Waals surface area contributed by atoms with Crippen molar-refractivity contribution in [2.24, 2.45) is 0 Å². The van der Waals surface area contributed by atoms with E-state index < -0.39 is 6.04 Å². The largest absolute Gasteiger partial charge is 0.355 e. The number of hydrogen-bond donors (Lipinski definition) is 2. The first kappa shape index (κ1) is 11.7. The molecular weight excluding hydrogens is 194 g/mol. The molecule has 1 saturated heterocycles. The van der Waals surface area contributed by atoms with Crippen LogP contribution in [0.5, 0.6) is 0 Å². The molecule has 0 aliphatic carbocycles. The molecule has 1 aliphatic heterocycles. The topological polar surface area (TPSA) is 61.4 Å². The summed E-state index contributed by atoms with van der Waals surface area (Å²) in [6, 6.07) is -0.413. The van der Waals surface area contributed by atoms with Gasteiger partial charge < -0.3 is 15.5 Å². The third kappa shape index (κ3) is 2.79. The van der Waals surface area contributed by atoms with Crippen molar-refractivity contribution in [3.05, 3.63) is 12.7 Å². The van der Waals surface area contributed by atoms with Crippen LogP contribution in [-0.2, 0) is 9.59 Å². The van der Waals surface area contributed by atoms with Gasteiger partial charge in [-0.05, 0) is 13.0 Å². The molecule has 1 rings (SSSR count). The summed E-state index contributed by atoms with van der Waals surface area (Å²) >= 11 is 0. The third-order valence-electron chi connectivity index (χ3n) is 2.35. The molecule has 0 aromatic rings. The first-order valence-corrected chi connectivity index (χ1v) is 5.12. The van der Waals surface area contributed by atoms with Crippen molar-refractivity contribution in [1.29, 1.82) is 0 Å². The molecule has 1 aliphatic rings. The molecule has 1 unspecified atom stereocenters. The Hall–Kier alpha value is -1.36. The van der Waals surface area contributed by atoms with Crippen LogP contribution < -0.4 is 10.6 Å². The van der Waals surface area contributed by atoms with Crippen LogP contribution in [0.1, 0.15) is 6.92 Å². The number of rotatable bonds is 3. The van der Waals surface area contributed by atoms with Gasteiger partial charge in [-0.1, -0.05) is 6.58 Å². The van der Waals surface area contributed by atoms with E-state index in [2.05, 4.69) is 17.2 Å². The van der Waals surface area contributed by atoms with Crippen LogP contribution in [0.15, 0.2) is 12.7 Å². The van der Waals surface area contributed by atoms with Gasteiger partial charge in [-0.3, -0.25) is 9.59 Å². The summed E-state index contributed by atoms with van der Waals surface area (Å²) in [5.74, 6) is -0.298. The van der Waals surface area contributed by atoms with E-state index in [1.54, 1.807) is 4.90 Å². The van der Waals surface area contributed by atoms with E-state index in [0.29, 0.717) is 19.6 Å². The molecule has 0 spiro atoms. The summed E-state index contributed by atoms with van der Waals surface area (Å²) < 4.78 is 0. The molecule has 0 aromatic heterocycles. The molecular formula is C10H17N3O2. The zero-order chi connectivity index (χ0) is 11.3. The van der Waals surface area contributed by atoms with Crippen LogP contribution in [0.4, 0.5) is 0 Å². The van der Waals surface area contributed by atoms with Gasteiger partial charge in [0.2, 0.25) is 11.8 Å². The minimum absolute atomic E-state index is 0.111. The maximum atomic E-state index is 11.6. The predicted octanol–water partition coefficient (Wildman–Crippen LogP) is -0.891. The molecule has 2 N–H and O–H groups in total. The van der Waals surface area contributed by atoms with Crippen molar-refractivity contribution in [3.8, 4) is 0 Å². The highest BCUT2D eigenvalue weighted by atomic mass is 16.2. The highest BCUT2D eigenvalue weighted by Gasteiger charge is 2.30. The first-order chi connectivity index (χ1) is 7.20. The average molecular weight is 211 g/mol. The van der Waals surface area contributed by atoms with Gasteiger partial charge in [0.05, 0.1) is 0 Å².